The van der Waals surface area contributed by atoms with Crippen molar-refractivity contribution in [1.29, 1.82) is 0 Å². The summed E-state index contributed by atoms with van der Waals surface area (Å²) < 4.78 is 5.02. The zero-order valence-corrected chi connectivity index (χ0v) is 14.2. The van der Waals surface area contributed by atoms with Gasteiger partial charge in [0.2, 0.25) is 5.91 Å². The highest BCUT2D eigenvalue weighted by atomic mass is 32.1. The van der Waals surface area contributed by atoms with Crippen molar-refractivity contribution in [3.05, 3.63) is 58.3 Å². The molecule has 24 heavy (non-hydrogen) atoms. The number of nitrogens with one attached hydrogen (secondary N) is 1. The molecule has 0 fully saturated rings. The fourth-order valence-electron chi connectivity index (χ4n) is 2.17. The fraction of sp³-hybridized carbons (Fsp3) is 0.278. The number of ether oxygens (including phenoxy) is 1. The number of ketones is 1. The van der Waals surface area contributed by atoms with Crippen molar-refractivity contribution in [1.82, 2.24) is 5.32 Å². The van der Waals surface area contributed by atoms with Gasteiger partial charge in [0.15, 0.2) is 11.8 Å². The molecule has 0 aliphatic carbocycles. The van der Waals surface area contributed by atoms with Crippen LogP contribution in [0.3, 0.4) is 0 Å². The Morgan fingerprint density at radius 3 is 2.46 bits per heavy atom. The van der Waals surface area contributed by atoms with Crippen LogP contribution in [0.2, 0.25) is 0 Å². The van der Waals surface area contributed by atoms with Gasteiger partial charge in [-0.2, -0.15) is 0 Å². The molecular weight excluding hydrogens is 326 g/mol. The summed E-state index contributed by atoms with van der Waals surface area (Å²) in [5.74, 6) is -0.948. The Hall–Kier alpha value is -2.47. The second-order valence-electron chi connectivity index (χ2n) is 5.06. The molecule has 0 bridgehead atoms. The van der Waals surface area contributed by atoms with E-state index < -0.39 is 12.0 Å². The summed E-state index contributed by atoms with van der Waals surface area (Å²) in [4.78, 5) is 36.8. The van der Waals surface area contributed by atoms with Crippen molar-refractivity contribution in [3.8, 4) is 0 Å². The van der Waals surface area contributed by atoms with E-state index in [1.54, 1.807) is 43.3 Å². The zero-order valence-electron chi connectivity index (χ0n) is 13.4. The van der Waals surface area contributed by atoms with Crippen LogP contribution in [0.1, 0.15) is 41.0 Å². The number of benzene rings is 1. The highest BCUT2D eigenvalue weighted by Crippen LogP contribution is 2.16. The summed E-state index contributed by atoms with van der Waals surface area (Å²) in [6.07, 6.45) is 0.135. The maximum atomic E-state index is 12.1. The van der Waals surface area contributed by atoms with Crippen LogP contribution >= 0.6 is 11.3 Å². The largest absolute Gasteiger partial charge is 0.464 e. The number of thiophene rings is 1. The summed E-state index contributed by atoms with van der Waals surface area (Å²) in [5.41, 5.74) is 0.647. The lowest BCUT2D eigenvalue weighted by atomic mass is 10.1. The Morgan fingerprint density at radius 1 is 1.08 bits per heavy atom. The molecule has 0 spiro atoms. The van der Waals surface area contributed by atoms with Crippen molar-refractivity contribution in [2.75, 3.05) is 6.61 Å². The number of rotatable bonds is 8. The average molecular weight is 345 g/mol. The SMILES string of the molecule is CCOC(=O)C(NC(=O)CCC(=O)c1cccs1)c1ccccc1. The molecule has 1 heterocycles. The van der Waals surface area contributed by atoms with E-state index >= 15 is 0 Å². The van der Waals surface area contributed by atoms with Crippen LogP contribution in [0.5, 0.6) is 0 Å². The van der Waals surface area contributed by atoms with Crippen LogP contribution in [-0.2, 0) is 14.3 Å². The summed E-state index contributed by atoms with van der Waals surface area (Å²) in [6.45, 7) is 1.94. The topological polar surface area (TPSA) is 72.5 Å². The van der Waals surface area contributed by atoms with Gasteiger partial charge in [-0.15, -0.1) is 11.3 Å². The molecule has 1 amide bonds. The van der Waals surface area contributed by atoms with Crippen molar-refractivity contribution in [2.24, 2.45) is 0 Å². The van der Waals surface area contributed by atoms with Gasteiger partial charge in [0.25, 0.3) is 0 Å². The number of esters is 1. The lowest BCUT2D eigenvalue weighted by molar-refractivity contribution is -0.147. The molecule has 1 atom stereocenters. The molecule has 5 nitrogen and oxygen atoms in total. The first-order chi connectivity index (χ1) is 11.6. The number of hydrogen-bond donors (Lipinski definition) is 1. The second kappa shape index (κ2) is 8.98. The van der Waals surface area contributed by atoms with Crippen LogP contribution in [-0.4, -0.2) is 24.3 Å². The molecule has 2 aromatic rings. The zero-order chi connectivity index (χ0) is 17.4. The molecule has 1 unspecified atom stereocenters. The van der Waals surface area contributed by atoms with Gasteiger partial charge in [-0.25, -0.2) is 4.79 Å². The van der Waals surface area contributed by atoms with Gasteiger partial charge < -0.3 is 10.1 Å². The third kappa shape index (κ3) is 5.03. The van der Waals surface area contributed by atoms with Gasteiger partial charge in [-0.3, -0.25) is 9.59 Å². The number of carbonyl (C=O) groups excluding carboxylic acids is 3. The van der Waals surface area contributed by atoms with Gasteiger partial charge in [-0.1, -0.05) is 36.4 Å². The predicted molar refractivity (Wildman–Crippen MR) is 91.8 cm³/mol. The third-order valence-electron chi connectivity index (χ3n) is 3.34. The van der Waals surface area contributed by atoms with E-state index in [1.165, 1.54) is 11.3 Å². The van der Waals surface area contributed by atoms with E-state index in [4.69, 9.17) is 4.74 Å². The lowest BCUT2D eigenvalue weighted by Gasteiger charge is -2.17. The maximum Gasteiger partial charge on any atom is 0.333 e. The first-order valence-electron chi connectivity index (χ1n) is 7.69. The van der Waals surface area contributed by atoms with E-state index in [-0.39, 0.29) is 31.1 Å². The molecule has 1 N–H and O–H groups in total. The minimum absolute atomic E-state index is 0.0273. The Morgan fingerprint density at radius 2 is 1.83 bits per heavy atom. The number of carbonyl (C=O) groups is 3. The van der Waals surface area contributed by atoms with Crippen LogP contribution < -0.4 is 5.32 Å². The Bertz CT molecular complexity index is 682. The van der Waals surface area contributed by atoms with E-state index in [0.29, 0.717) is 10.4 Å². The minimum Gasteiger partial charge on any atom is -0.464 e. The number of Topliss-reactive ketones (excluding diaryl/α,β-unsaturated/α-hetero) is 1. The molecule has 2 rings (SSSR count). The van der Waals surface area contributed by atoms with Crippen LogP contribution in [0, 0.1) is 0 Å². The Labute approximate surface area is 144 Å². The first kappa shape index (κ1) is 17.9. The van der Waals surface area contributed by atoms with Crippen LogP contribution in [0.4, 0.5) is 0 Å². The Balaban J connectivity index is 1.97. The van der Waals surface area contributed by atoms with E-state index in [2.05, 4.69) is 5.32 Å². The van der Waals surface area contributed by atoms with Gasteiger partial charge >= 0.3 is 5.97 Å². The summed E-state index contributed by atoms with van der Waals surface area (Å²) in [5, 5.41) is 4.48. The van der Waals surface area contributed by atoms with Gasteiger partial charge in [0.05, 0.1) is 11.5 Å². The number of amides is 1. The fourth-order valence-corrected chi connectivity index (χ4v) is 2.86. The normalized spacial score (nSPS) is 11.5. The molecule has 0 saturated carbocycles. The summed E-state index contributed by atoms with van der Waals surface area (Å²) >= 11 is 1.35. The summed E-state index contributed by atoms with van der Waals surface area (Å²) in [6, 6.07) is 11.6. The molecular formula is C18H19NO4S. The van der Waals surface area contributed by atoms with Gasteiger partial charge in [0, 0.05) is 12.8 Å². The first-order valence-corrected chi connectivity index (χ1v) is 8.57. The molecule has 0 saturated heterocycles. The van der Waals surface area contributed by atoms with Gasteiger partial charge in [0.1, 0.15) is 0 Å². The lowest BCUT2D eigenvalue weighted by Crippen LogP contribution is -2.35. The smallest absolute Gasteiger partial charge is 0.333 e. The van der Waals surface area contributed by atoms with E-state index in [1.807, 2.05) is 11.4 Å². The number of hydrogen-bond acceptors (Lipinski definition) is 5. The van der Waals surface area contributed by atoms with Gasteiger partial charge in [-0.05, 0) is 23.9 Å². The van der Waals surface area contributed by atoms with E-state index in [9.17, 15) is 14.4 Å². The van der Waals surface area contributed by atoms with Crippen molar-refractivity contribution < 1.29 is 19.1 Å². The predicted octanol–water partition coefficient (Wildman–Crippen LogP) is 3.13. The highest BCUT2D eigenvalue weighted by molar-refractivity contribution is 7.12. The third-order valence-corrected chi connectivity index (χ3v) is 4.25. The van der Waals surface area contributed by atoms with Crippen molar-refractivity contribution >= 4 is 29.0 Å². The van der Waals surface area contributed by atoms with E-state index in [0.717, 1.165) is 0 Å². The Kier molecular flexibility index (Phi) is 6.69. The molecule has 126 valence electrons. The van der Waals surface area contributed by atoms with Crippen molar-refractivity contribution in [3.63, 3.8) is 0 Å². The van der Waals surface area contributed by atoms with Crippen LogP contribution in [0.15, 0.2) is 47.8 Å². The second-order valence-corrected chi connectivity index (χ2v) is 6.01. The molecule has 0 aliphatic rings. The molecule has 0 aliphatic heterocycles. The van der Waals surface area contributed by atoms with Crippen molar-refractivity contribution in [2.45, 2.75) is 25.8 Å². The molecule has 6 heteroatoms. The molecule has 0 radical (unpaired) electrons. The highest BCUT2D eigenvalue weighted by Gasteiger charge is 2.24. The quantitative estimate of drug-likeness (QED) is 0.589. The molecule has 1 aromatic carbocycles. The maximum absolute atomic E-state index is 12.1. The molecule has 1 aromatic heterocycles. The standard InChI is InChI=1S/C18H19NO4S/c1-2-23-18(22)17(13-7-4-3-5-8-13)19-16(21)11-10-14(20)15-9-6-12-24-15/h3-9,12,17H,2,10-11H2,1H3,(H,19,21). The van der Waals surface area contributed by atoms with Crippen LogP contribution in [0.25, 0.3) is 0 Å². The minimum atomic E-state index is -0.865. The average Bonchev–Trinajstić information content (AvgIpc) is 3.13. The summed E-state index contributed by atoms with van der Waals surface area (Å²) in [7, 11) is 0. The monoisotopic (exact) mass is 345 g/mol.